The topological polar surface area (TPSA) is 79.4 Å². The van der Waals surface area contributed by atoms with Gasteiger partial charge < -0.3 is 15.2 Å². The van der Waals surface area contributed by atoms with Crippen molar-refractivity contribution in [2.45, 2.75) is 6.92 Å². The fourth-order valence-corrected chi connectivity index (χ4v) is 2.06. The highest BCUT2D eigenvalue weighted by Gasteiger charge is 2.24. The van der Waals surface area contributed by atoms with Crippen LogP contribution in [0.3, 0.4) is 0 Å². The van der Waals surface area contributed by atoms with E-state index in [-0.39, 0.29) is 5.69 Å². The van der Waals surface area contributed by atoms with Gasteiger partial charge in [0.1, 0.15) is 11.6 Å². The van der Waals surface area contributed by atoms with Crippen LogP contribution in [0, 0.1) is 6.92 Å². The third-order valence-electron chi connectivity index (χ3n) is 3.09. The Kier molecular flexibility index (Phi) is 3.65. The summed E-state index contributed by atoms with van der Waals surface area (Å²) in [6, 6.07) is 5.66. The van der Waals surface area contributed by atoms with Crippen molar-refractivity contribution < 1.29 is 14.3 Å². The lowest BCUT2D eigenvalue weighted by Crippen LogP contribution is -2.05. The second-order valence-electron chi connectivity index (χ2n) is 4.43. The highest BCUT2D eigenvalue weighted by molar-refractivity contribution is 5.99. The maximum atomic E-state index is 11.9. The van der Waals surface area contributed by atoms with Gasteiger partial charge in [-0.2, -0.15) is 5.10 Å². The van der Waals surface area contributed by atoms with Crippen LogP contribution in [0.5, 0.6) is 5.75 Å². The molecular weight excluding hydrogens is 258 g/mol. The Bertz CT molecular complexity index is 662. The van der Waals surface area contributed by atoms with Crippen LogP contribution in [-0.4, -0.2) is 30.0 Å². The molecule has 1 heterocycles. The Balaban J connectivity index is 2.75. The lowest BCUT2D eigenvalue weighted by molar-refractivity contribution is 0.0594. The molecule has 0 bridgehead atoms. The number of nitrogens with two attached hydrogens (primary N) is 1. The van der Waals surface area contributed by atoms with Crippen LogP contribution < -0.4 is 10.5 Å². The minimum absolute atomic E-state index is 0.177. The first kappa shape index (κ1) is 13.9. The van der Waals surface area contributed by atoms with Crippen molar-refractivity contribution in [3.05, 3.63) is 29.5 Å². The van der Waals surface area contributed by atoms with E-state index < -0.39 is 5.97 Å². The first-order chi connectivity index (χ1) is 9.49. The summed E-state index contributed by atoms with van der Waals surface area (Å²) >= 11 is 0. The molecule has 0 aliphatic carbocycles. The van der Waals surface area contributed by atoms with E-state index >= 15 is 0 Å². The molecule has 0 spiro atoms. The second-order valence-corrected chi connectivity index (χ2v) is 4.43. The fraction of sp³-hybridized carbons (Fsp3) is 0.286. The van der Waals surface area contributed by atoms with E-state index in [1.54, 1.807) is 14.2 Å². The van der Waals surface area contributed by atoms with Crippen molar-refractivity contribution in [2.75, 3.05) is 20.0 Å². The predicted octanol–water partition coefficient (Wildman–Crippen LogP) is 1.77. The van der Waals surface area contributed by atoms with E-state index in [4.69, 9.17) is 15.2 Å². The van der Waals surface area contributed by atoms with Crippen LogP contribution in [0.15, 0.2) is 18.2 Å². The number of hydrogen-bond donors (Lipinski definition) is 1. The molecule has 1 aromatic carbocycles. The number of hydrogen-bond acceptors (Lipinski definition) is 5. The van der Waals surface area contributed by atoms with Crippen molar-refractivity contribution >= 4 is 11.8 Å². The number of aromatic nitrogens is 2. The molecule has 2 N–H and O–H groups in total. The first-order valence-electron chi connectivity index (χ1n) is 6.05. The average molecular weight is 275 g/mol. The molecule has 20 heavy (non-hydrogen) atoms. The predicted molar refractivity (Wildman–Crippen MR) is 75.7 cm³/mol. The summed E-state index contributed by atoms with van der Waals surface area (Å²) in [6.07, 6.45) is 0. The van der Waals surface area contributed by atoms with Gasteiger partial charge in [-0.25, -0.2) is 4.79 Å². The van der Waals surface area contributed by atoms with Crippen LogP contribution in [-0.2, 0) is 11.8 Å². The molecular formula is C14H17N3O3. The van der Waals surface area contributed by atoms with Crippen molar-refractivity contribution in [1.82, 2.24) is 9.78 Å². The number of ether oxygens (including phenoxy) is 2. The summed E-state index contributed by atoms with van der Waals surface area (Å²) in [5, 5.41) is 4.12. The molecule has 0 fully saturated rings. The Morgan fingerprint density at radius 3 is 2.65 bits per heavy atom. The summed E-state index contributed by atoms with van der Waals surface area (Å²) in [6.45, 7) is 1.95. The number of methoxy groups -OCH3 is 2. The molecule has 0 aliphatic rings. The highest BCUT2D eigenvalue weighted by atomic mass is 16.5. The van der Waals surface area contributed by atoms with E-state index in [2.05, 4.69) is 5.10 Å². The van der Waals surface area contributed by atoms with Crippen LogP contribution in [0.4, 0.5) is 5.82 Å². The molecule has 0 unspecified atom stereocenters. The van der Waals surface area contributed by atoms with Gasteiger partial charge in [0.15, 0.2) is 5.69 Å². The second kappa shape index (κ2) is 5.24. The minimum atomic E-state index is -0.532. The molecule has 0 saturated carbocycles. The normalized spacial score (nSPS) is 10.4. The molecule has 0 amide bonds. The maximum Gasteiger partial charge on any atom is 0.359 e. The van der Waals surface area contributed by atoms with Gasteiger partial charge in [0.2, 0.25) is 0 Å². The Labute approximate surface area is 117 Å². The van der Waals surface area contributed by atoms with Crippen LogP contribution in [0.25, 0.3) is 11.1 Å². The zero-order valence-electron chi connectivity index (χ0n) is 11.9. The average Bonchev–Trinajstić information content (AvgIpc) is 2.74. The van der Waals surface area contributed by atoms with E-state index in [9.17, 15) is 4.79 Å². The van der Waals surface area contributed by atoms with Crippen LogP contribution >= 0.6 is 0 Å². The van der Waals surface area contributed by atoms with Crippen molar-refractivity contribution in [2.24, 2.45) is 7.05 Å². The minimum Gasteiger partial charge on any atom is -0.496 e. The SMILES string of the molecule is COC(=O)c1nn(C)c(N)c1-c1cc(C)ccc1OC. The third-order valence-corrected chi connectivity index (χ3v) is 3.09. The van der Waals surface area contributed by atoms with Gasteiger partial charge in [0.05, 0.1) is 19.8 Å². The number of carbonyl (C=O) groups is 1. The molecule has 0 atom stereocenters. The molecule has 2 aromatic rings. The summed E-state index contributed by atoms with van der Waals surface area (Å²) in [5.41, 5.74) is 8.49. The number of rotatable bonds is 3. The van der Waals surface area contributed by atoms with Crippen LogP contribution in [0.1, 0.15) is 16.1 Å². The maximum absolute atomic E-state index is 11.9. The lowest BCUT2D eigenvalue weighted by Gasteiger charge is -2.10. The lowest BCUT2D eigenvalue weighted by atomic mass is 10.0. The number of anilines is 1. The number of aryl methyl sites for hydroxylation is 2. The molecule has 1 aromatic heterocycles. The van der Waals surface area contributed by atoms with Gasteiger partial charge in [0.25, 0.3) is 0 Å². The van der Waals surface area contributed by atoms with Crippen molar-refractivity contribution in [3.8, 4) is 16.9 Å². The van der Waals surface area contributed by atoms with Gasteiger partial charge in [-0.3, -0.25) is 4.68 Å². The van der Waals surface area contributed by atoms with Crippen molar-refractivity contribution in [3.63, 3.8) is 0 Å². The zero-order chi connectivity index (χ0) is 14.9. The van der Waals surface area contributed by atoms with E-state index in [1.165, 1.54) is 11.8 Å². The van der Waals surface area contributed by atoms with E-state index in [0.717, 1.165) is 11.1 Å². The smallest absolute Gasteiger partial charge is 0.359 e. The monoisotopic (exact) mass is 275 g/mol. The van der Waals surface area contributed by atoms with Gasteiger partial charge in [0, 0.05) is 12.6 Å². The van der Waals surface area contributed by atoms with Gasteiger partial charge >= 0.3 is 5.97 Å². The molecule has 2 rings (SSSR count). The van der Waals surface area contributed by atoms with E-state index in [1.807, 2.05) is 25.1 Å². The molecule has 6 heteroatoms. The third kappa shape index (κ3) is 2.20. The molecule has 0 aliphatic heterocycles. The fourth-order valence-electron chi connectivity index (χ4n) is 2.06. The summed E-state index contributed by atoms with van der Waals surface area (Å²) in [7, 11) is 4.55. The number of benzene rings is 1. The van der Waals surface area contributed by atoms with E-state index in [0.29, 0.717) is 17.1 Å². The van der Waals surface area contributed by atoms with Crippen LogP contribution in [0.2, 0.25) is 0 Å². The Morgan fingerprint density at radius 2 is 2.05 bits per heavy atom. The van der Waals surface area contributed by atoms with Gasteiger partial charge in [-0.15, -0.1) is 0 Å². The Morgan fingerprint density at radius 1 is 1.35 bits per heavy atom. The Hall–Kier alpha value is -2.50. The standard InChI is InChI=1S/C14H17N3O3/c1-8-5-6-10(19-3)9(7-8)11-12(14(18)20-4)16-17(2)13(11)15/h5-7H,15H2,1-4H3. The number of carbonyl (C=O) groups excluding carboxylic acids is 1. The summed E-state index contributed by atoms with van der Waals surface area (Å²) in [5.74, 6) is 0.477. The number of esters is 1. The quantitative estimate of drug-likeness (QED) is 0.864. The van der Waals surface area contributed by atoms with Gasteiger partial charge in [-0.05, 0) is 19.1 Å². The summed E-state index contributed by atoms with van der Waals surface area (Å²) < 4.78 is 11.5. The number of nitrogens with zero attached hydrogens (tertiary/aromatic N) is 2. The van der Waals surface area contributed by atoms with Crippen molar-refractivity contribution in [1.29, 1.82) is 0 Å². The zero-order valence-corrected chi connectivity index (χ0v) is 11.9. The molecule has 6 nitrogen and oxygen atoms in total. The highest BCUT2D eigenvalue weighted by Crippen LogP contribution is 2.37. The largest absolute Gasteiger partial charge is 0.496 e. The number of nitrogen functional groups attached to an aromatic ring is 1. The van der Waals surface area contributed by atoms with Gasteiger partial charge in [-0.1, -0.05) is 11.6 Å². The molecule has 106 valence electrons. The molecule has 0 radical (unpaired) electrons. The summed E-state index contributed by atoms with van der Waals surface area (Å²) in [4.78, 5) is 11.9. The molecule has 0 saturated heterocycles. The first-order valence-corrected chi connectivity index (χ1v) is 6.05.